The van der Waals surface area contributed by atoms with Crippen LogP contribution < -0.4 is 4.74 Å². The van der Waals surface area contributed by atoms with E-state index in [2.05, 4.69) is 22.4 Å². The molecule has 0 aromatic heterocycles. The molecule has 1 heterocycles. The van der Waals surface area contributed by atoms with Crippen LogP contribution >= 0.6 is 12.2 Å². The molecule has 0 fully saturated rings. The van der Waals surface area contributed by atoms with E-state index < -0.39 is 0 Å². The van der Waals surface area contributed by atoms with Crippen molar-refractivity contribution in [1.29, 1.82) is 0 Å². The number of ether oxygens (including phenoxy) is 1. The third kappa shape index (κ3) is 1.24. The minimum Gasteiger partial charge on any atom is -0.493 e. The molecule has 2 nitrogen and oxygen atoms in total. The lowest BCUT2D eigenvalue weighted by Gasteiger charge is -1.97. The summed E-state index contributed by atoms with van der Waals surface area (Å²) < 4.78 is 5.34. The average Bonchev–Trinajstić information content (AvgIpc) is 2.51. The van der Waals surface area contributed by atoms with Gasteiger partial charge < -0.3 is 4.74 Å². The van der Waals surface area contributed by atoms with Gasteiger partial charge in [-0.15, -0.1) is 0 Å². The standard InChI is InChI=1S/C9H7NOS/c12-6-10-8-1-2-9-7(5-8)3-4-11-9/h1-2,5H,3-4H2. The smallest absolute Gasteiger partial charge is 0.122 e. The summed E-state index contributed by atoms with van der Waals surface area (Å²) in [6.45, 7) is 0.778. The highest BCUT2D eigenvalue weighted by atomic mass is 32.1. The first-order valence-corrected chi connectivity index (χ1v) is 4.14. The molecular weight excluding hydrogens is 170 g/mol. The van der Waals surface area contributed by atoms with Crippen LogP contribution in [0.4, 0.5) is 5.69 Å². The summed E-state index contributed by atoms with van der Waals surface area (Å²) in [6.07, 6.45) is 0.968. The number of isothiocyanates is 1. The van der Waals surface area contributed by atoms with Crippen LogP contribution in [0.25, 0.3) is 0 Å². The van der Waals surface area contributed by atoms with E-state index in [0.717, 1.165) is 24.5 Å². The van der Waals surface area contributed by atoms with Crippen LogP contribution in [0.15, 0.2) is 23.2 Å². The first-order valence-electron chi connectivity index (χ1n) is 3.74. The van der Waals surface area contributed by atoms with E-state index in [1.165, 1.54) is 5.56 Å². The number of rotatable bonds is 1. The molecule has 1 aliphatic heterocycles. The highest BCUT2D eigenvalue weighted by molar-refractivity contribution is 7.78. The monoisotopic (exact) mass is 177 g/mol. The largest absolute Gasteiger partial charge is 0.493 e. The van der Waals surface area contributed by atoms with Crippen LogP contribution in [0.1, 0.15) is 5.56 Å². The summed E-state index contributed by atoms with van der Waals surface area (Å²) >= 11 is 4.51. The van der Waals surface area contributed by atoms with E-state index in [1.54, 1.807) is 0 Å². The molecule has 1 aromatic rings. The third-order valence-corrected chi connectivity index (χ3v) is 1.94. The maximum absolute atomic E-state index is 5.34. The van der Waals surface area contributed by atoms with Crippen molar-refractivity contribution >= 4 is 23.1 Å². The summed E-state index contributed by atoms with van der Waals surface area (Å²) in [4.78, 5) is 3.89. The average molecular weight is 177 g/mol. The maximum Gasteiger partial charge on any atom is 0.122 e. The Balaban J connectivity index is 2.45. The van der Waals surface area contributed by atoms with Crippen molar-refractivity contribution in [2.45, 2.75) is 6.42 Å². The van der Waals surface area contributed by atoms with Gasteiger partial charge in [0.05, 0.1) is 17.5 Å². The summed E-state index contributed by atoms with van der Waals surface area (Å²) in [5.74, 6) is 0.971. The van der Waals surface area contributed by atoms with Gasteiger partial charge in [-0.2, -0.15) is 4.99 Å². The van der Waals surface area contributed by atoms with Crippen molar-refractivity contribution < 1.29 is 4.74 Å². The maximum atomic E-state index is 5.34. The Kier molecular flexibility index (Phi) is 1.90. The predicted molar refractivity (Wildman–Crippen MR) is 50.3 cm³/mol. The molecule has 0 atom stereocenters. The zero-order valence-corrected chi connectivity index (χ0v) is 7.23. The summed E-state index contributed by atoms with van der Waals surface area (Å²) in [5.41, 5.74) is 2.07. The second-order valence-electron chi connectivity index (χ2n) is 2.59. The van der Waals surface area contributed by atoms with Crippen molar-refractivity contribution in [3.05, 3.63) is 23.8 Å². The van der Waals surface area contributed by atoms with Gasteiger partial charge in [0.2, 0.25) is 0 Å². The topological polar surface area (TPSA) is 21.6 Å². The second-order valence-corrected chi connectivity index (χ2v) is 2.78. The van der Waals surface area contributed by atoms with Gasteiger partial charge in [0.25, 0.3) is 0 Å². The first-order chi connectivity index (χ1) is 5.90. The molecule has 0 amide bonds. The lowest BCUT2D eigenvalue weighted by atomic mass is 10.1. The van der Waals surface area contributed by atoms with E-state index in [1.807, 2.05) is 18.2 Å². The van der Waals surface area contributed by atoms with Crippen LogP contribution in [-0.4, -0.2) is 11.8 Å². The Labute approximate surface area is 75.9 Å². The molecule has 3 heteroatoms. The molecule has 0 aliphatic carbocycles. The number of aliphatic imine (C=N–C) groups is 1. The van der Waals surface area contributed by atoms with Gasteiger partial charge in [-0.3, -0.25) is 0 Å². The van der Waals surface area contributed by atoms with Crippen LogP contribution in [0.3, 0.4) is 0 Å². The van der Waals surface area contributed by atoms with E-state index in [-0.39, 0.29) is 0 Å². The molecule has 1 aromatic carbocycles. The Morgan fingerprint density at radius 2 is 2.42 bits per heavy atom. The van der Waals surface area contributed by atoms with Gasteiger partial charge >= 0.3 is 0 Å². The van der Waals surface area contributed by atoms with Crippen LogP contribution in [0, 0.1) is 0 Å². The van der Waals surface area contributed by atoms with E-state index >= 15 is 0 Å². The number of hydrogen-bond donors (Lipinski definition) is 0. The number of benzene rings is 1. The third-order valence-electron chi connectivity index (χ3n) is 1.85. The number of fused-ring (bicyclic) bond motifs is 1. The Morgan fingerprint density at radius 3 is 3.25 bits per heavy atom. The Hall–Kier alpha value is -1.18. The molecule has 1 aliphatic rings. The van der Waals surface area contributed by atoms with Crippen molar-refractivity contribution in [2.24, 2.45) is 4.99 Å². The zero-order valence-electron chi connectivity index (χ0n) is 6.41. The molecule has 60 valence electrons. The van der Waals surface area contributed by atoms with E-state index in [9.17, 15) is 0 Å². The summed E-state index contributed by atoms with van der Waals surface area (Å²) in [7, 11) is 0. The van der Waals surface area contributed by atoms with Gasteiger partial charge in [0.15, 0.2) is 0 Å². The van der Waals surface area contributed by atoms with Crippen LogP contribution in [-0.2, 0) is 6.42 Å². The van der Waals surface area contributed by atoms with Crippen LogP contribution in [0.5, 0.6) is 5.75 Å². The van der Waals surface area contributed by atoms with E-state index in [4.69, 9.17) is 4.74 Å². The number of nitrogens with zero attached hydrogens (tertiary/aromatic N) is 1. The molecule has 0 unspecified atom stereocenters. The SMILES string of the molecule is S=C=Nc1ccc2c(c1)CCO2. The van der Waals surface area contributed by atoms with Gasteiger partial charge in [-0.1, -0.05) is 0 Å². The second kappa shape index (κ2) is 3.05. The lowest BCUT2D eigenvalue weighted by molar-refractivity contribution is 0.357. The van der Waals surface area contributed by atoms with Gasteiger partial charge in [0, 0.05) is 6.42 Å². The molecule has 0 saturated heterocycles. The minimum atomic E-state index is 0.778. The lowest BCUT2D eigenvalue weighted by Crippen LogP contribution is -1.85. The van der Waals surface area contributed by atoms with Crippen molar-refractivity contribution in [3.8, 4) is 5.75 Å². The molecule has 0 spiro atoms. The number of thiocarbonyl (C=S) groups is 1. The fourth-order valence-corrected chi connectivity index (χ4v) is 1.40. The molecule has 2 rings (SSSR count). The minimum absolute atomic E-state index is 0.778. The normalized spacial score (nSPS) is 13.0. The van der Waals surface area contributed by atoms with Crippen molar-refractivity contribution in [1.82, 2.24) is 0 Å². The molecule has 0 N–H and O–H groups in total. The molecule has 12 heavy (non-hydrogen) atoms. The fraction of sp³-hybridized carbons (Fsp3) is 0.222. The molecule has 0 radical (unpaired) electrons. The quantitative estimate of drug-likeness (QED) is 0.485. The fourth-order valence-electron chi connectivity index (χ4n) is 1.30. The van der Waals surface area contributed by atoms with Gasteiger partial charge in [-0.25, -0.2) is 0 Å². The van der Waals surface area contributed by atoms with Crippen molar-refractivity contribution in [2.75, 3.05) is 6.61 Å². The highest BCUT2D eigenvalue weighted by Gasteiger charge is 2.11. The van der Waals surface area contributed by atoms with Crippen LogP contribution in [0.2, 0.25) is 0 Å². The molecular formula is C9H7NOS. The molecule has 0 bridgehead atoms. The van der Waals surface area contributed by atoms with Gasteiger partial charge in [0.1, 0.15) is 5.75 Å². The van der Waals surface area contributed by atoms with E-state index in [0.29, 0.717) is 0 Å². The first kappa shape index (κ1) is 7.47. The number of hydrogen-bond acceptors (Lipinski definition) is 3. The Bertz CT molecular complexity index is 356. The summed E-state index contributed by atoms with van der Waals surface area (Å²) in [5, 5.41) is 2.34. The highest BCUT2D eigenvalue weighted by Crippen LogP contribution is 2.28. The summed E-state index contributed by atoms with van der Waals surface area (Å²) in [6, 6.07) is 5.79. The van der Waals surface area contributed by atoms with Gasteiger partial charge in [-0.05, 0) is 36.0 Å². The van der Waals surface area contributed by atoms with Crippen molar-refractivity contribution in [3.63, 3.8) is 0 Å². The Morgan fingerprint density at radius 1 is 1.50 bits per heavy atom. The molecule has 0 saturated carbocycles. The predicted octanol–water partition coefficient (Wildman–Crippen LogP) is 2.36. The zero-order chi connectivity index (χ0) is 8.39.